The van der Waals surface area contributed by atoms with Crippen LogP contribution in [-0.2, 0) is 9.59 Å². The summed E-state index contributed by atoms with van der Waals surface area (Å²) in [5, 5.41) is 16.1. The number of amides is 2. The van der Waals surface area contributed by atoms with Gasteiger partial charge in [0.25, 0.3) is 0 Å². The van der Waals surface area contributed by atoms with E-state index in [1.54, 1.807) is 11.1 Å². The van der Waals surface area contributed by atoms with Crippen LogP contribution in [-0.4, -0.2) is 71.4 Å². The first-order valence-electron chi connectivity index (χ1n) is 11.8. The third-order valence-corrected chi connectivity index (χ3v) is 6.26. The average Bonchev–Trinajstić information content (AvgIpc) is 3.23. The minimum atomic E-state index is -0.338. The van der Waals surface area contributed by atoms with E-state index < -0.39 is 0 Å². The Labute approximate surface area is 205 Å². The summed E-state index contributed by atoms with van der Waals surface area (Å²) in [6.45, 7) is 7.54. The van der Waals surface area contributed by atoms with Gasteiger partial charge >= 0.3 is 0 Å². The molecule has 0 unspecified atom stereocenters. The summed E-state index contributed by atoms with van der Waals surface area (Å²) in [5.74, 6) is 0.388. The largest absolute Gasteiger partial charge is 0.340 e. The van der Waals surface area contributed by atoms with E-state index in [4.69, 9.17) is 0 Å². The van der Waals surface area contributed by atoms with Gasteiger partial charge in [0.2, 0.25) is 17.8 Å². The van der Waals surface area contributed by atoms with Crippen molar-refractivity contribution in [2.75, 3.05) is 55.3 Å². The number of piperazine rings is 1. The van der Waals surface area contributed by atoms with Gasteiger partial charge in [-0.2, -0.15) is 5.26 Å². The molecule has 0 atom stereocenters. The zero-order chi connectivity index (χ0) is 24.9. The third kappa shape index (κ3) is 5.25. The van der Waals surface area contributed by atoms with Crippen molar-refractivity contribution in [1.29, 1.82) is 5.26 Å². The number of benzene rings is 1. The molecule has 2 aliphatic heterocycles. The molecule has 0 radical (unpaired) electrons. The third-order valence-electron chi connectivity index (χ3n) is 6.26. The predicted molar refractivity (Wildman–Crippen MR) is 134 cm³/mol. The fraction of sp³-hybridized carbons (Fsp3) is 0.400. The number of nitrogens with one attached hydrogen (secondary N) is 2. The number of hydrogen-bond acceptors (Lipinski definition) is 8. The molecule has 4 rings (SSSR count). The number of carbonyl (C=O) groups excluding carboxylic acids is 2. The lowest BCUT2D eigenvalue weighted by atomic mass is 10.1. The van der Waals surface area contributed by atoms with E-state index in [0.717, 1.165) is 24.5 Å². The molecule has 2 amide bonds. The quantitative estimate of drug-likeness (QED) is 0.613. The van der Waals surface area contributed by atoms with E-state index in [0.29, 0.717) is 42.3 Å². The highest BCUT2D eigenvalue weighted by Gasteiger charge is 2.27. The molecule has 2 aromatic rings. The number of nitrogens with zero attached hydrogens (tertiary/aromatic N) is 6. The molecule has 3 heterocycles. The van der Waals surface area contributed by atoms with Gasteiger partial charge in [-0.25, -0.2) is 9.97 Å². The Balaban J connectivity index is 1.48. The lowest BCUT2D eigenvalue weighted by Gasteiger charge is -2.32. The van der Waals surface area contributed by atoms with Crippen LogP contribution in [0.5, 0.6) is 0 Å². The first kappa shape index (κ1) is 24.2. The molecule has 1 saturated heterocycles. The molecular weight excluding hydrogens is 444 g/mol. The molecule has 35 heavy (non-hydrogen) atoms. The zero-order valence-corrected chi connectivity index (χ0v) is 20.3. The molecule has 2 aliphatic rings. The number of nitriles is 1. The second-order valence-corrected chi connectivity index (χ2v) is 8.68. The van der Waals surface area contributed by atoms with Crippen LogP contribution >= 0.6 is 0 Å². The Hall–Kier alpha value is -3.97. The number of hydrogen-bond donors (Lipinski definition) is 2. The number of aryl methyl sites for hydroxylation is 1. The molecular formula is C25H30N8O2. The summed E-state index contributed by atoms with van der Waals surface area (Å²) in [4.78, 5) is 39.7. The van der Waals surface area contributed by atoms with Crippen LogP contribution in [0.4, 0.5) is 17.3 Å². The maximum atomic E-state index is 12.5. The monoisotopic (exact) mass is 474 g/mol. The van der Waals surface area contributed by atoms with Crippen LogP contribution in [0, 0.1) is 18.3 Å². The highest BCUT2D eigenvalue weighted by Crippen LogP contribution is 2.38. The molecule has 10 heteroatoms. The Morgan fingerprint density at radius 3 is 2.63 bits per heavy atom. The van der Waals surface area contributed by atoms with Crippen molar-refractivity contribution in [2.24, 2.45) is 0 Å². The fourth-order valence-corrected chi connectivity index (χ4v) is 4.25. The van der Waals surface area contributed by atoms with Crippen molar-refractivity contribution in [2.45, 2.75) is 26.7 Å². The van der Waals surface area contributed by atoms with Gasteiger partial charge in [0, 0.05) is 51.8 Å². The number of allylic oxidation sites excluding steroid dienone is 1. The fourth-order valence-electron chi connectivity index (χ4n) is 4.25. The van der Waals surface area contributed by atoms with Crippen LogP contribution < -0.4 is 15.5 Å². The molecule has 1 fully saturated rings. The highest BCUT2D eigenvalue weighted by atomic mass is 16.2. The maximum Gasteiger partial charge on any atom is 0.229 e. The molecule has 0 bridgehead atoms. The van der Waals surface area contributed by atoms with Gasteiger partial charge in [-0.3, -0.25) is 14.9 Å². The zero-order valence-electron chi connectivity index (χ0n) is 20.3. The van der Waals surface area contributed by atoms with E-state index in [1.165, 1.54) is 0 Å². The van der Waals surface area contributed by atoms with Crippen molar-refractivity contribution in [3.8, 4) is 6.07 Å². The van der Waals surface area contributed by atoms with E-state index in [1.807, 2.05) is 50.1 Å². The second kappa shape index (κ2) is 10.5. The Kier molecular flexibility index (Phi) is 7.27. The highest BCUT2D eigenvalue weighted by molar-refractivity contribution is 5.93. The summed E-state index contributed by atoms with van der Waals surface area (Å²) in [7, 11) is 2.03. The smallest absolute Gasteiger partial charge is 0.229 e. The number of anilines is 3. The van der Waals surface area contributed by atoms with Crippen molar-refractivity contribution in [3.63, 3.8) is 0 Å². The van der Waals surface area contributed by atoms with Gasteiger partial charge in [0.05, 0.1) is 17.1 Å². The Morgan fingerprint density at radius 1 is 1.17 bits per heavy atom. The van der Waals surface area contributed by atoms with Gasteiger partial charge < -0.3 is 20.0 Å². The van der Waals surface area contributed by atoms with Crippen molar-refractivity contribution in [1.82, 2.24) is 19.8 Å². The van der Waals surface area contributed by atoms with Crippen LogP contribution in [0.25, 0.3) is 5.57 Å². The lowest BCUT2D eigenvalue weighted by Crippen LogP contribution is -2.47. The van der Waals surface area contributed by atoms with Crippen molar-refractivity contribution < 1.29 is 9.59 Å². The molecule has 2 N–H and O–H groups in total. The van der Waals surface area contributed by atoms with E-state index >= 15 is 0 Å². The van der Waals surface area contributed by atoms with Crippen LogP contribution in [0.15, 0.2) is 36.3 Å². The number of likely N-dealkylation sites (N-methyl/N-ethyl adjacent to an activating group) is 1. The SMILES string of the molecule is CCN1C(=C(C#N)c2nc(NC(=O)CCC(=O)N3CCN(C)CC3)ncc2C)Nc2ccccc21. The second-order valence-electron chi connectivity index (χ2n) is 8.68. The molecule has 0 spiro atoms. The number of fused-ring (bicyclic) bond motifs is 1. The topological polar surface area (TPSA) is 117 Å². The number of aromatic nitrogens is 2. The molecule has 182 valence electrons. The van der Waals surface area contributed by atoms with Gasteiger partial charge in [0.1, 0.15) is 17.5 Å². The molecule has 1 aromatic carbocycles. The Morgan fingerprint density at radius 2 is 1.91 bits per heavy atom. The number of rotatable bonds is 6. The summed E-state index contributed by atoms with van der Waals surface area (Å²) >= 11 is 0. The number of carbonyl (C=O) groups is 2. The van der Waals surface area contributed by atoms with Gasteiger partial charge in [-0.1, -0.05) is 12.1 Å². The number of para-hydroxylation sites is 2. The Bertz CT molecular complexity index is 1190. The summed E-state index contributed by atoms with van der Waals surface area (Å²) < 4.78 is 0. The summed E-state index contributed by atoms with van der Waals surface area (Å²) in [6.07, 6.45) is 1.77. The average molecular weight is 475 g/mol. The van der Waals surface area contributed by atoms with E-state index in [2.05, 4.69) is 31.6 Å². The minimum absolute atomic E-state index is 0.0261. The van der Waals surface area contributed by atoms with Crippen molar-refractivity contribution >= 4 is 34.7 Å². The van der Waals surface area contributed by atoms with E-state index in [-0.39, 0.29) is 30.6 Å². The van der Waals surface area contributed by atoms with Crippen LogP contribution in [0.2, 0.25) is 0 Å². The summed E-state index contributed by atoms with van der Waals surface area (Å²) in [5.41, 5.74) is 3.43. The van der Waals surface area contributed by atoms with Crippen molar-refractivity contribution in [3.05, 3.63) is 47.5 Å². The normalized spacial score (nSPS) is 16.9. The van der Waals surface area contributed by atoms with Gasteiger partial charge in [0.15, 0.2) is 0 Å². The van der Waals surface area contributed by atoms with Gasteiger partial charge in [-0.05, 0) is 38.6 Å². The standard InChI is InChI=1S/C25H30N8O2/c1-4-33-20-8-6-5-7-19(20)28-24(33)18(15-26)23-17(2)16-27-25(30-23)29-21(34)9-10-22(35)32-13-11-31(3)12-14-32/h5-8,16,28H,4,9-14H2,1-3H3,(H,27,29,30,34). The van der Waals surface area contributed by atoms with E-state index in [9.17, 15) is 14.9 Å². The van der Waals surface area contributed by atoms with Gasteiger partial charge in [-0.15, -0.1) is 0 Å². The first-order valence-corrected chi connectivity index (χ1v) is 11.8. The minimum Gasteiger partial charge on any atom is -0.340 e. The van der Waals surface area contributed by atoms with Crippen LogP contribution in [0.1, 0.15) is 31.0 Å². The predicted octanol–water partition coefficient (Wildman–Crippen LogP) is 2.42. The first-order chi connectivity index (χ1) is 16.9. The summed E-state index contributed by atoms with van der Waals surface area (Å²) in [6, 6.07) is 10.1. The molecule has 0 aliphatic carbocycles. The maximum absolute atomic E-state index is 12.5. The molecule has 10 nitrogen and oxygen atoms in total. The lowest BCUT2D eigenvalue weighted by molar-refractivity contribution is -0.134. The van der Waals surface area contributed by atoms with Crippen LogP contribution in [0.3, 0.4) is 0 Å². The molecule has 1 aromatic heterocycles. The molecule has 0 saturated carbocycles.